The summed E-state index contributed by atoms with van der Waals surface area (Å²) in [6.45, 7) is 6.38. The van der Waals surface area contributed by atoms with E-state index < -0.39 is 0 Å². The van der Waals surface area contributed by atoms with Crippen molar-refractivity contribution in [3.8, 4) is 0 Å². The van der Waals surface area contributed by atoms with Gasteiger partial charge in [0.1, 0.15) is 0 Å². The van der Waals surface area contributed by atoms with Gasteiger partial charge in [0.2, 0.25) is 0 Å². The van der Waals surface area contributed by atoms with Crippen LogP contribution in [0.4, 0.5) is 0 Å². The van der Waals surface area contributed by atoms with Gasteiger partial charge in [0, 0.05) is 40.9 Å². The van der Waals surface area contributed by atoms with Gasteiger partial charge in [0.25, 0.3) is 0 Å². The molecule has 0 spiro atoms. The van der Waals surface area contributed by atoms with E-state index in [4.69, 9.17) is 0 Å². The number of thioether (sulfide) groups is 1. The molecule has 1 N–H and O–H groups in total. The maximum Gasteiger partial charge on any atom is 0.155 e. The van der Waals surface area contributed by atoms with Crippen molar-refractivity contribution in [2.45, 2.75) is 57.4 Å². The van der Waals surface area contributed by atoms with Gasteiger partial charge in [-0.25, -0.2) is 9.50 Å². The van der Waals surface area contributed by atoms with Crippen molar-refractivity contribution in [2.24, 2.45) is 0 Å². The van der Waals surface area contributed by atoms with Crippen LogP contribution in [0.5, 0.6) is 0 Å². The number of fused-ring (bicyclic) bond motifs is 1. The minimum absolute atomic E-state index is 0.309. The van der Waals surface area contributed by atoms with Gasteiger partial charge in [-0.05, 0) is 39.9 Å². The second kappa shape index (κ2) is 5.97. The third-order valence-corrected chi connectivity index (χ3v) is 5.74. The van der Waals surface area contributed by atoms with Crippen LogP contribution in [0.15, 0.2) is 12.3 Å². The van der Waals surface area contributed by atoms with Crippen molar-refractivity contribution in [1.82, 2.24) is 19.9 Å². The second-order valence-corrected chi connectivity index (χ2v) is 7.13. The third kappa shape index (κ3) is 2.81. The van der Waals surface area contributed by atoms with E-state index in [0.717, 1.165) is 16.6 Å². The zero-order valence-electron chi connectivity index (χ0n) is 13.3. The summed E-state index contributed by atoms with van der Waals surface area (Å²) in [4.78, 5) is 4.55. The van der Waals surface area contributed by atoms with Gasteiger partial charge >= 0.3 is 0 Å². The molecule has 0 saturated heterocycles. The number of aryl methyl sites for hydroxylation is 2. The topological polar surface area (TPSA) is 42.2 Å². The average molecular weight is 304 g/mol. The molecule has 5 heteroatoms. The van der Waals surface area contributed by atoms with E-state index in [0.29, 0.717) is 12.1 Å². The van der Waals surface area contributed by atoms with Gasteiger partial charge in [0.15, 0.2) is 5.65 Å². The van der Waals surface area contributed by atoms with E-state index in [1.807, 2.05) is 35.5 Å². The molecular formula is C16H24N4S. The van der Waals surface area contributed by atoms with Crippen LogP contribution < -0.4 is 5.32 Å². The maximum absolute atomic E-state index is 4.55. The van der Waals surface area contributed by atoms with Crippen LogP contribution in [0.25, 0.3) is 5.65 Å². The minimum atomic E-state index is 0.309. The predicted octanol–water partition coefficient (Wildman–Crippen LogP) is 3.28. The van der Waals surface area contributed by atoms with Crippen LogP contribution in [0.3, 0.4) is 0 Å². The molecule has 1 aliphatic carbocycles. The molecule has 1 aliphatic rings. The summed E-state index contributed by atoms with van der Waals surface area (Å²) in [7, 11) is 0. The molecule has 21 heavy (non-hydrogen) atoms. The molecular weight excluding hydrogens is 280 g/mol. The fraction of sp³-hybridized carbons (Fsp3) is 0.625. The molecule has 3 atom stereocenters. The molecule has 2 heterocycles. The first-order valence-electron chi connectivity index (χ1n) is 7.71. The number of hydrogen-bond donors (Lipinski definition) is 1. The largest absolute Gasteiger partial charge is 0.306 e. The van der Waals surface area contributed by atoms with E-state index >= 15 is 0 Å². The van der Waals surface area contributed by atoms with E-state index in [1.165, 1.54) is 30.5 Å². The van der Waals surface area contributed by atoms with Crippen LogP contribution in [0.2, 0.25) is 0 Å². The number of aromatic nitrogens is 3. The van der Waals surface area contributed by atoms with Crippen LogP contribution in [0, 0.1) is 13.8 Å². The van der Waals surface area contributed by atoms with Gasteiger partial charge in [-0.1, -0.05) is 6.42 Å². The Balaban J connectivity index is 1.84. The molecule has 3 unspecified atom stereocenters. The minimum Gasteiger partial charge on any atom is -0.306 e. The van der Waals surface area contributed by atoms with Gasteiger partial charge in [-0.3, -0.25) is 0 Å². The quantitative estimate of drug-likeness (QED) is 0.941. The van der Waals surface area contributed by atoms with Crippen molar-refractivity contribution >= 4 is 17.4 Å². The van der Waals surface area contributed by atoms with Gasteiger partial charge in [0.05, 0.1) is 5.69 Å². The standard InChI is InChI=1S/C16H24N4S/c1-10-8-16-17-9-13(12(3)20(16)19-10)11(2)18-14-6-5-7-15(14)21-4/h8-9,11,14-15,18H,5-7H2,1-4H3. The highest BCUT2D eigenvalue weighted by Crippen LogP contribution is 2.30. The highest BCUT2D eigenvalue weighted by atomic mass is 32.2. The Morgan fingerprint density at radius 3 is 2.95 bits per heavy atom. The first-order valence-corrected chi connectivity index (χ1v) is 8.99. The summed E-state index contributed by atoms with van der Waals surface area (Å²) in [6, 6.07) is 2.95. The normalized spacial score (nSPS) is 23.8. The Kier molecular flexibility index (Phi) is 4.22. The van der Waals surface area contributed by atoms with E-state index in [1.54, 1.807) is 0 Å². The number of rotatable bonds is 4. The molecule has 0 amide bonds. The van der Waals surface area contributed by atoms with Crippen LogP contribution in [-0.2, 0) is 0 Å². The van der Waals surface area contributed by atoms with Crippen molar-refractivity contribution in [3.63, 3.8) is 0 Å². The highest BCUT2D eigenvalue weighted by Gasteiger charge is 2.28. The molecule has 2 aromatic rings. The average Bonchev–Trinajstić information content (AvgIpc) is 3.04. The molecule has 0 bridgehead atoms. The van der Waals surface area contributed by atoms with E-state index in [-0.39, 0.29) is 0 Å². The first kappa shape index (κ1) is 14.9. The Bertz CT molecular complexity index is 636. The van der Waals surface area contributed by atoms with Crippen molar-refractivity contribution < 1.29 is 0 Å². The lowest BCUT2D eigenvalue weighted by molar-refractivity contribution is 0.463. The summed E-state index contributed by atoms with van der Waals surface area (Å²) in [5, 5.41) is 9.09. The van der Waals surface area contributed by atoms with Crippen molar-refractivity contribution in [1.29, 1.82) is 0 Å². The Labute approximate surface area is 130 Å². The molecule has 0 aromatic carbocycles. The summed E-state index contributed by atoms with van der Waals surface area (Å²) in [6.07, 6.45) is 8.18. The molecule has 4 nitrogen and oxygen atoms in total. The van der Waals surface area contributed by atoms with E-state index in [9.17, 15) is 0 Å². The molecule has 3 rings (SSSR count). The predicted molar refractivity (Wildman–Crippen MR) is 89.0 cm³/mol. The molecule has 1 fully saturated rings. The fourth-order valence-corrected chi connectivity index (χ4v) is 4.36. The summed E-state index contributed by atoms with van der Waals surface area (Å²) < 4.78 is 1.96. The Morgan fingerprint density at radius 2 is 2.19 bits per heavy atom. The zero-order valence-corrected chi connectivity index (χ0v) is 14.1. The number of nitrogens with zero attached hydrogens (tertiary/aromatic N) is 3. The summed E-state index contributed by atoms with van der Waals surface area (Å²) >= 11 is 1.99. The van der Waals surface area contributed by atoms with Crippen LogP contribution in [-0.4, -0.2) is 32.1 Å². The number of nitrogens with one attached hydrogen (secondary N) is 1. The van der Waals surface area contributed by atoms with Crippen molar-refractivity contribution in [3.05, 3.63) is 29.2 Å². The van der Waals surface area contributed by atoms with Crippen LogP contribution in [0.1, 0.15) is 49.2 Å². The lowest BCUT2D eigenvalue weighted by Gasteiger charge is -2.25. The summed E-state index contributed by atoms with van der Waals surface area (Å²) in [5.41, 5.74) is 4.38. The zero-order chi connectivity index (χ0) is 15.0. The molecule has 114 valence electrons. The second-order valence-electron chi connectivity index (χ2n) is 6.05. The van der Waals surface area contributed by atoms with Gasteiger partial charge in [-0.2, -0.15) is 16.9 Å². The smallest absolute Gasteiger partial charge is 0.155 e. The lowest BCUT2D eigenvalue weighted by Crippen LogP contribution is -2.36. The van der Waals surface area contributed by atoms with E-state index in [2.05, 4.69) is 35.5 Å². The lowest BCUT2D eigenvalue weighted by atomic mass is 10.1. The van der Waals surface area contributed by atoms with Crippen LogP contribution >= 0.6 is 11.8 Å². The fourth-order valence-electron chi connectivity index (χ4n) is 3.41. The Hall–Kier alpha value is -1.07. The van der Waals surface area contributed by atoms with Gasteiger partial charge < -0.3 is 5.32 Å². The Morgan fingerprint density at radius 1 is 1.38 bits per heavy atom. The SMILES string of the molecule is CSC1CCCC1NC(C)c1cnc2cc(C)nn2c1C. The number of hydrogen-bond acceptors (Lipinski definition) is 4. The highest BCUT2D eigenvalue weighted by molar-refractivity contribution is 7.99. The first-order chi connectivity index (χ1) is 10.1. The van der Waals surface area contributed by atoms with Gasteiger partial charge in [-0.15, -0.1) is 0 Å². The molecule has 0 radical (unpaired) electrons. The monoisotopic (exact) mass is 304 g/mol. The van der Waals surface area contributed by atoms with Crippen molar-refractivity contribution in [2.75, 3.05) is 6.26 Å². The summed E-state index contributed by atoms with van der Waals surface area (Å²) in [5.74, 6) is 0. The molecule has 2 aromatic heterocycles. The molecule has 1 saturated carbocycles. The molecule has 0 aliphatic heterocycles. The maximum atomic E-state index is 4.55. The third-order valence-electron chi connectivity index (χ3n) is 4.57.